The van der Waals surface area contributed by atoms with Crippen molar-refractivity contribution < 1.29 is 19.0 Å². The molecule has 0 aromatic heterocycles. The maximum Gasteiger partial charge on any atom is 0.266 e. The van der Waals surface area contributed by atoms with Gasteiger partial charge in [-0.3, -0.25) is 4.79 Å². The molecule has 0 bridgehead atoms. The van der Waals surface area contributed by atoms with Crippen LogP contribution in [0.4, 0.5) is 5.69 Å². The number of fused-ring (bicyclic) bond motifs is 1. The first-order valence-corrected chi connectivity index (χ1v) is 7.75. The predicted octanol–water partition coefficient (Wildman–Crippen LogP) is 3.36. The molecule has 2 aromatic carbocycles. The van der Waals surface area contributed by atoms with Gasteiger partial charge >= 0.3 is 0 Å². The van der Waals surface area contributed by atoms with Crippen LogP contribution < -0.4 is 19.5 Å². The van der Waals surface area contributed by atoms with E-state index in [1.165, 1.54) is 6.08 Å². The van der Waals surface area contributed by atoms with Gasteiger partial charge in [0, 0.05) is 5.69 Å². The maximum absolute atomic E-state index is 12.3. The lowest BCUT2D eigenvalue weighted by Crippen LogP contribution is -2.13. The molecule has 0 unspecified atom stereocenters. The number of nitrogens with zero attached hydrogens (tertiary/aromatic N) is 1. The van der Waals surface area contributed by atoms with Crippen LogP contribution >= 0.6 is 0 Å². The number of carbonyl (C=O) groups excluding carboxylic acids is 1. The van der Waals surface area contributed by atoms with Gasteiger partial charge in [0.2, 0.25) is 6.79 Å². The third-order valence-electron chi connectivity index (χ3n) is 3.50. The van der Waals surface area contributed by atoms with E-state index in [1.807, 2.05) is 13.0 Å². The molecule has 3 rings (SSSR count). The van der Waals surface area contributed by atoms with Crippen LogP contribution in [-0.2, 0) is 4.79 Å². The molecule has 0 spiro atoms. The molecule has 126 valence electrons. The topological polar surface area (TPSA) is 80.6 Å². The Morgan fingerprint density at radius 3 is 2.72 bits per heavy atom. The van der Waals surface area contributed by atoms with Crippen molar-refractivity contribution in [2.24, 2.45) is 0 Å². The Hall–Kier alpha value is -3.46. The first-order chi connectivity index (χ1) is 12.2. The fourth-order valence-corrected chi connectivity index (χ4v) is 2.32. The minimum atomic E-state index is -0.482. The molecule has 6 heteroatoms. The Morgan fingerprint density at radius 2 is 2.00 bits per heavy atom. The number of benzene rings is 2. The molecule has 25 heavy (non-hydrogen) atoms. The van der Waals surface area contributed by atoms with Crippen LogP contribution in [0.25, 0.3) is 6.08 Å². The Bertz CT molecular complexity index is 851. The molecular weight excluding hydrogens is 320 g/mol. The van der Waals surface area contributed by atoms with Crippen molar-refractivity contribution in [1.29, 1.82) is 5.26 Å². The number of rotatable bonds is 5. The minimum absolute atomic E-state index is 0.00671. The lowest BCUT2D eigenvalue weighted by molar-refractivity contribution is -0.112. The van der Waals surface area contributed by atoms with E-state index in [9.17, 15) is 10.1 Å². The van der Waals surface area contributed by atoms with Gasteiger partial charge in [0.05, 0.1) is 6.61 Å². The Balaban J connectivity index is 1.73. The monoisotopic (exact) mass is 336 g/mol. The average Bonchev–Trinajstić information content (AvgIpc) is 3.09. The van der Waals surface area contributed by atoms with Gasteiger partial charge in [0.25, 0.3) is 5.91 Å². The lowest BCUT2D eigenvalue weighted by atomic mass is 10.1. The van der Waals surface area contributed by atoms with Crippen molar-refractivity contribution in [2.75, 3.05) is 18.7 Å². The van der Waals surface area contributed by atoms with Gasteiger partial charge in [0.1, 0.15) is 17.4 Å². The summed E-state index contributed by atoms with van der Waals surface area (Å²) in [5, 5.41) is 12.0. The van der Waals surface area contributed by atoms with E-state index < -0.39 is 5.91 Å². The molecule has 1 N–H and O–H groups in total. The van der Waals surface area contributed by atoms with E-state index >= 15 is 0 Å². The third-order valence-corrected chi connectivity index (χ3v) is 3.50. The molecule has 0 radical (unpaired) electrons. The van der Waals surface area contributed by atoms with Gasteiger partial charge in [-0.2, -0.15) is 5.26 Å². The summed E-state index contributed by atoms with van der Waals surface area (Å²) in [4.78, 5) is 12.3. The first kappa shape index (κ1) is 16.4. The van der Waals surface area contributed by atoms with Crippen molar-refractivity contribution >= 4 is 17.7 Å². The molecule has 1 heterocycles. The van der Waals surface area contributed by atoms with Crippen molar-refractivity contribution in [3.8, 4) is 23.3 Å². The second kappa shape index (κ2) is 7.41. The summed E-state index contributed by atoms with van der Waals surface area (Å²) >= 11 is 0. The van der Waals surface area contributed by atoms with Crippen molar-refractivity contribution in [3.05, 3.63) is 53.6 Å². The highest BCUT2D eigenvalue weighted by atomic mass is 16.7. The summed E-state index contributed by atoms with van der Waals surface area (Å²) in [6, 6.07) is 14.1. The van der Waals surface area contributed by atoms with E-state index in [-0.39, 0.29) is 12.4 Å². The molecule has 1 aliphatic heterocycles. The molecule has 0 saturated heterocycles. The zero-order chi connectivity index (χ0) is 17.6. The molecule has 1 aliphatic rings. The van der Waals surface area contributed by atoms with Crippen LogP contribution in [0.5, 0.6) is 17.2 Å². The summed E-state index contributed by atoms with van der Waals surface area (Å²) in [5.74, 6) is 1.48. The van der Waals surface area contributed by atoms with Crippen molar-refractivity contribution in [1.82, 2.24) is 0 Å². The molecule has 6 nitrogen and oxygen atoms in total. The number of hydrogen-bond acceptors (Lipinski definition) is 5. The fourth-order valence-electron chi connectivity index (χ4n) is 2.32. The van der Waals surface area contributed by atoms with E-state index in [2.05, 4.69) is 5.32 Å². The van der Waals surface area contributed by atoms with Crippen LogP contribution in [0.1, 0.15) is 12.5 Å². The van der Waals surface area contributed by atoms with Crippen LogP contribution in [0.2, 0.25) is 0 Å². The summed E-state index contributed by atoms with van der Waals surface area (Å²) in [7, 11) is 0. The lowest BCUT2D eigenvalue weighted by Gasteiger charge is -2.06. The Kier molecular flexibility index (Phi) is 4.86. The van der Waals surface area contributed by atoms with Gasteiger partial charge in [-0.05, 0) is 55.0 Å². The Morgan fingerprint density at radius 1 is 1.24 bits per heavy atom. The van der Waals surface area contributed by atoms with E-state index in [1.54, 1.807) is 42.5 Å². The second-order valence-corrected chi connectivity index (χ2v) is 5.19. The zero-order valence-electron chi connectivity index (χ0n) is 13.6. The number of hydrogen-bond donors (Lipinski definition) is 1. The van der Waals surface area contributed by atoms with Crippen LogP contribution in [0, 0.1) is 11.3 Å². The molecule has 0 fully saturated rings. The van der Waals surface area contributed by atoms with E-state index in [4.69, 9.17) is 14.2 Å². The molecule has 0 saturated carbocycles. The van der Waals surface area contributed by atoms with Gasteiger partial charge in [0.15, 0.2) is 11.5 Å². The number of amides is 1. The van der Waals surface area contributed by atoms with Gasteiger partial charge in [-0.25, -0.2) is 0 Å². The highest BCUT2D eigenvalue weighted by molar-refractivity contribution is 6.09. The summed E-state index contributed by atoms with van der Waals surface area (Å²) < 4.78 is 15.9. The Labute approximate surface area is 145 Å². The second-order valence-electron chi connectivity index (χ2n) is 5.19. The van der Waals surface area contributed by atoms with Gasteiger partial charge < -0.3 is 19.5 Å². The number of anilines is 1. The van der Waals surface area contributed by atoms with Crippen LogP contribution in [0.3, 0.4) is 0 Å². The molecule has 0 atom stereocenters. The molecule has 2 aromatic rings. The highest BCUT2D eigenvalue weighted by Gasteiger charge is 2.14. The summed E-state index contributed by atoms with van der Waals surface area (Å²) in [5.41, 5.74) is 1.26. The number of nitriles is 1. The van der Waals surface area contributed by atoms with Crippen LogP contribution in [-0.4, -0.2) is 19.3 Å². The van der Waals surface area contributed by atoms with Crippen molar-refractivity contribution in [3.63, 3.8) is 0 Å². The van der Waals surface area contributed by atoms with E-state index in [0.717, 1.165) is 5.75 Å². The zero-order valence-corrected chi connectivity index (χ0v) is 13.6. The minimum Gasteiger partial charge on any atom is -0.494 e. The van der Waals surface area contributed by atoms with Crippen molar-refractivity contribution in [2.45, 2.75) is 6.92 Å². The SMILES string of the molecule is CCOc1ccc(NC(=O)C(C#N)=Cc2ccc3c(c2)OCO3)cc1. The van der Waals surface area contributed by atoms with E-state index in [0.29, 0.717) is 29.4 Å². The molecule has 0 aliphatic carbocycles. The number of nitrogens with one attached hydrogen (secondary N) is 1. The highest BCUT2D eigenvalue weighted by Crippen LogP contribution is 2.33. The predicted molar refractivity (Wildman–Crippen MR) is 92.4 cm³/mol. The standard InChI is InChI=1S/C19H16N2O4/c1-2-23-16-6-4-15(5-7-16)21-19(22)14(11-20)9-13-3-8-17-18(10-13)25-12-24-17/h3-10H,2,12H2,1H3,(H,21,22). The van der Waals surface area contributed by atoms with Gasteiger partial charge in [-0.1, -0.05) is 6.07 Å². The number of carbonyl (C=O) groups is 1. The first-order valence-electron chi connectivity index (χ1n) is 7.75. The van der Waals surface area contributed by atoms with Gasteiger partial charge in [-0.15, -0.1) is 0 Å². The third kappa shape index (κ3) is 3.90. The fraction of sp³-hybridized carbons (Fsp3) is 0.158. The maximum atomic E-state index is 12.3. The normalized spacial score (nSPS) is 12.4. The summed E-state index contributed by atoms with van der Waals surface area (Å²) in [6.45, 7) is 2.64. The molecular formula is C19H16N2O4. The molecule has 1 amide bonds. The van der Waals surface area contributed by atoms with Crippen LogP contribution in [0.15, 0.2) is 48.0 Å². The number of ether oxygens (including phenoxy) is 3. The summed E-state index contributed by atoms with van der Waals surface area (Å²) in [6.07, 6.45) is 1.51. The smallest absolute Gasteiger partial charge is 0.266 e. The largest absolute Gasteiger partial charge is 0.494 e. The average molecular weight is 336 g/mol. The quantitative estimate of drug-likeness (QED) is 0.669.